The molecule has 6 heteroatoms. The highest BCUT2D eigenvalue weighted by Crippen LogP contribution is 2.26. The summed E-state index contributed by atoms with van der Waals surface area (Å²) in [5.74, 6) is 0.569. The van der Waals surface area contributed by atoms with Crippen molar-refractivity contribution < 1.29 is 4.79 Å². The van der Waals surface area contributed by atoms with Gasteiger partial charge in [0.1, 0.15) is 5.69 Å². The second-order valence-electron chi connectivity index (χ2n) is 8.48. The lowest BCUT2D eigenvalue weighted by molar-refractivity contribution is 0.102. The standard InChI is InChI=1S/C27H27N5O/c33-27(30-23-14-12-22(13-15-23)29-17-20-7-4-5-8-20)25-19-32(24-10-2-1-3-11-24)31-26(25)21-9-6-16-28-18-21/h1-3,6,9-16,18-20,29H,4-5,7-8,17H2,(H,30,33). The van der Waals surface area contributed by atoms with Gasteiger partial charge in [-0.15, -0.1) is 0 Å². The van der Waals surface area contributed by atoms with Crippen LogP contribution in [0.25, 0.3) is 16.9 Å². The number of rotatable bonds is 7. The molecule has 0 radical (unpaired) electrons. The molecule has 0 bridgehead atoms. The molecule has 1 aliphatic rings. The lowest BCUT2D eigenvalue weighted by Gasteiger charge is -2.12. The smallest absolute Gasteiger partial charge is 0.259 e. The van der Waals surface area contributed by atoms with Crippen LogP contribution in [0.1, 0.15) is 36.0 Å². The molecule has 1 fully saturated rings. The van der Waals surface area contributed by atoms with Gasteiger partial charge in [0.2, 0.25) is 0 Å². The zero-order valence-corrected chi connectivity index (χ0v) is 18.4. The van der Waals surface area contributed by atoms with Crippen LogP contribution in [0.3, 0.4) is 0 Å². The number of benzene rings is 2. The Morgan fingerprint density at radius 1 is 0.939 bits per heavy atom. The predicted octanol–water partition coefficient (Wildman–Crippen LogP) is 5.79. The average molecular weight is 438 g/mol. The molecule has 4 aromatic rings. The Morgan fingerprint density at radius 2 is 1.70 bits per heavy atom. The van der Waals surface area contributed by atoms with E-state index in [1.807, 2.05) is 66.7 Å². The van der Waals surface area contributed by atoms with Gasteiger partial charge in [0.25, 0.3) is 5.91 Å². The third kappa shape index (κ3) is 4.95. The molecule has 2 aromatic carbocycles. The summed E-state index contributed by atoms with van der Waals surface area (Å²) in [6.07, 6.45) is 10.5. The third-order valence-electron chi connectivity index (χ3n) is 6.13. The molecule has 1 amide bonds. The first-order chi connectivity index (χ1) is 16.3. The molecule has 33 heavy (non-hydrogen) atoms. The number of aromatic nitrogens is 3. The van der Waals surface area contributed by atoms with Gasteiger partial charge in [0, 0.05) is 42.1 Å². The van der Waals surface area contributed by atoms with Crippen molar-refractivity contribution in [1.29, 1.82) is 0 Å². The molecule has 0 aliphatic heterocycles. The molecular formula is C27H27N5O. The molecule has 6 nitrogen and oxygen atoms in total. The number of para-hydroxylation sites is 1. The highest BCUT2D eigenvalue weighted by atomic mass is 16.1. The zero-order valence-electron chi connectivity index (χ0n) is 18.4. The molecule has 0 atom stereocenters. The summed E-state index contributed by atoms with van der Waals surface area (Å²) >= 11 is 0. The van der Waals surface area contributed by atoms with Crippen LogP contribution in [0.2, 0.25) is 0 Å². The van der Waals surface area contributed by atoms with E-state index in [9.17, 15) is 4.79 Å². The summed E-state index contributed by atoms with van der Waals surface area (Å²) in [5, 5.41) is 11.2. The van der Waals surface area contributed by atoms with Crippen molar-refractivity contribution in [3.05, 3.63) is 90.9 Å². The second kappa shape index (κ2) is 9.69. The highest BCUT2D eigenvalue weighted by Gasteiger charge is 2.19. The maximum absolute atomic E-state index is 13.2. The van der Waals surface area contributed by atoms with Crippen molar-refractivity contribution in [2.45, 2.75) is 25.7 Å². The van der Waals surface area contributed by atoms with Crippen molar-refractivity contribution in [3.8, 4) is 16.9 Å². The number of nitrogens with one attached hydrogen (secondary N) is 2. The van der Waals surface area contributed by atoms with E-state index in [0.29, 0.717) is 11.3 Å². The lowest BCUT2D eigenvalue weighted by atomic mass is 10.1. The summed E-state index contributed by atoms with van der Waals surface area (Å²) in [4.78, 5) is 17.4. The van der Waals surface area contributed by atoms with Gasteiger partial charge >= 0.3 is 0 Å². The Hall–Kier alpha value is -3.93. The Morgan fingerprint density at radius 3 is 2.42 bits per heavy atom. The van der Waals surface area contributed by atoms with E-state index < -0.39 is 0 Å². The average Bonchev–Trinajstić information content (AvgIpc) is 3.55. The number of anilines is 2. The van der Waals surface area contributed by atoms with Crippen molar-refractivity contribution in [1.82, 2.24) is 14.8 Å². The minimum absolute atomic E-state index is 0.206. The molecule has 0 saturated heterocycles. The molecule has 166 valence electrons. The van der Waals surface area contributed by atoms with E-state index in [0.717, 1.165) is 35.1 Å². The maximum Gasteiger partial charge on any atom is 0.259 e. The summed E-state index contributed by atoms with van der Waals surface area (Å²) in [7, 11) is 0. The van der Waals surface area contributed by atoms with Crippen LogP contribution in [0, 0.1) is 5.92 Å². The van der Waals surface area contributed by atoms with Gasteiger partial charge in [-0.3, -0.25) is 9.78 Å². The van der Waals surface area contributed by atoms with Crippen LogP contribution in [0.5, 0.6) is 0 Å². The topological polar surface area (TPSA) is 71.8 Å². The first-order valence-electron chi connectivity index (χ1n) is 11.5. The fraction of sp³-hybridized carbons (Fsp3) is 0.222. The summed E-state index contributed by atoms with van der Waals surface area (Å²) in [6.45, 7) is 1.01. The Labute approximate surface area is 193 Å². The minimum Gasteiger partial charge on any atom is -0.385 e. The van der Waals surface area contributed by atoms with E-state index in [1.54, 1.807) is 23.3 Å². The fourth-order valence-corrected chi connectivity index (χ4v) is 4.32. The van der Waals surface area contributed by atoms with Gasteiger partial charge in [-0.05, 0) is 67.3 Å². The van der Waals surface area contributed by atoms with E-state index in [4.69, 9.17) is 5.10 Å². The monoisotopic (exact) mass is 437 g/mol. The first kappa shape index (κ1) is 20.9. The van der Waals surface area contributed by atoms with E-state index in [1.165, 1.54) is 25.7 Å². The van der Waals surface area contributed by atoms with Crippen LogP contribution in [-0.4, -0.2) is 27.2 Å². The molecule has 2 N–H and O–H groups in total. The van der Waals surface area contributed by atoms with Crippen LogP contribution < -0.4 is 10.6 Å². The summed E-state index contributed by atoms with van der Waals surface area (Å²) in [5.41, 5.74) is 4.60. The van der Waals surface area contributed by atoms with Gasteiger partial charge in [-0.2, -0.15) is 5.10 Å². The van der Waals surface area contributed by atoms with Crippen LogP contribution in [0.15, 0.2) is 85.3 Å². The lowest BCUT2D eigenvalue weighted by Crippen LogP contribution is -2.13. The van der Waals surface area contributed by atoms with Gasteiger partial charge in [-0.1, -0.05) is 31.0 Å². The molecule has 2 aromatic heterocycles. The summed E-state index contributed by atoms with van der Waals surface area (Å²) in [6, 6.07) is 21.4. The van der Waals surface area contributed by atoms with E-state index >= 15 is 0 Å². The summed E-state index contributed by atoms with van der Waals surface area (Å²) < 4.78 is 1.73. The van der Waals surface area contributed by atoms with Crippen molar-refractivity contribution >= 4 is 17.3 Å². The molecule has 0 unspecified atom stereocenters. The second-order valence-corrected chi connectivity index (χ2v) is 8.48. The third-order valence-corrected chi connectivity index (χ3v) is 6.13. The van der Waals surface area contributed by atoms with Gasteiger partial charge in [0.15, 0.2) is 0 Å². The number of carbonyl (C=O) groups is 1. The van der Waals surface area contributed by atoms with Gasteiger partial charge in [-0.25, -0.2) is 4.68 Å². The van der Waals surface area contributed by atoms with Crippen molar-refractivity contribution in [2.24, 2.45) is 5.92 Å². The number of pyridine rings is 1. The first-order valence-corrected chi connectivity index (χ1v) is 11.5. The Balaban J connectivity index is 1.34. The molecule has 1 saturated carbocycles. The predicted molar refractivity (Wildman–Crippen MR) is 132 cm³/mol. The van der Waals surface area contributed by atoms with E-state index in [2.05, 4.69) is 15.6 Å². The normalized spacial score (nSPS) is 13.7. The molecule has 5 rings (SSSR count). The number of hydrogen-bond acceptors (Lipinski definition) is 4. The fourth-order valence-electron chi connectivity index (χ4n) is 4.32. The van der Waals surface area contributed by atoms with Gasteiger partial charge in [0.05, 0.1) is 11.3 Å². The Kier molecular flexibility index (Phi) is 6.15. The quantitative estimate of drug-likeness (QED) is 0.384. The molecule has 0 spiro atoms. The van der Waals surface area contributed by atoms with E-state index in [-0.39, 0.29) is 5.91 Å². The number of hydrogen-bond donors (Lipinski definition) is 2. The highest BCUT2D eigenvalue weighted by molar-refractivity contribution is 6.08. The Bertz CT molecular complexity index is 1200. The number of amides is 1. The maximum atomic E-state index is 13.2. The van der Waals surface area contributed by atoms with Crippen LogP contribution >= 0.6 is 0 Å². The van der Waals surface area contributed by atoms with Crippen LogP contribution in [0.4, 0.5) is 11.4 Å². The molecule has 1 aliphatic carbocycles. The largest absolute Gasteiger partial charge is 0.385 e. The molecule has 2 heterocycles. The zero-order chi connectivity index (χ0) is 22.5. The minimum atomic E-state index is -0.206. The molecular weight excluding hydrogens is 410 g/mol. The number of carbonyl (C=O) groups excluding carboxylic acids is 1. The number of nitrogens with zero attached hydrogens (tertiary/aromatic N) is 3. The SMILES string of the molecule is O=C(Nc1ccc(NCC2CCCC2)cc1)c1cn(-c2ccccc2)nc1-c1cccnc1. The van der Waals surface area contributed by atoms with Crippen molar-refractivity contribution in [3.63, 3.8) is 0 Å². The van der Waals surface area contributed by atoms with Crippen molar-refractivity contribution in [2.75, 3.05) is 17.2 Å². The van der Waals surface area contributed by atoms with Gasteiger partial charge < -0.3 is 10.6 Å². The van der Waals surface area contributed by atoms with Crippen LogP contribution in [-0.2, 0) is 0 Å².